The third kappa shape index (κ3) is 4.41. The maximum absolute atomic E-state index is 10.0. The zero-order valence-electron chi connectivity index (χ0n) is 16.6. The normalized spacial score (nSPS) is 42.7. The van der Waals surface area contributed by atoms with Crippen molar-refractivity contribution in [3.8, 4) is 6.07 Å². The maximum atomic E-state index is 10.0. The molecule has 0 aromatic rings. The number of rotatable bonds is 5. The molecule has 0 atom stereocenters. The summed E-state index contributed by atoms with van der Waals surface area (Å²) < 4.78 is 5.53. The quantitative estimate of drug-likeness (QED) is 0.570. The lowest BCUT2D eigenvalue weighted by molar-refractivity contribution is 0.0155. The van der Waals surface area contributed by atoms with Gasteiger partial charge >= 0.3 is 0 Å². The minimum absolute atomic E-state index is 0.00533. The summed E-state index contributed by atoms with van der Waals surface area (Å²) in [5.74, 6) is 3.53. The minimum atomic E-state index is -0.00533. The van der Waals surface area contributed by atoms with E-state index in [1.54, 1.807) is 0 Å². The predicted molar refractivity (Wildman–Crippen MR) is 103 cm³/mol. The lowest BCUT2D eigenvalue weighted by Gasteiger charge is -2.45. The minimum Gasteiger partial charge on any atom is -0.381 e. The molecule has 2 nitrogen and oxygen atoms in total. The number of hydrogen-bond donors (Lipinski definition) is 0. The van der Waals surface area contributed by atoms with Gasteiger partial charge in [0.15, 0.2) is 0 Å². The standard InChI is InChI=1S/C23H39NO/c1-3-4-18-5-7-19(8-6-18)20-13-15-23(17-24,16-14-20)21-9-11-22(25-2)12-10-21/h18-22H,3-16H2,1-2H3. The van der Waals surface area contributed by atoms with Crippen LogP contribution in [0.4, 0.5) is 0 Å². The zero-order valence-corrected chi connectivity index (χ0v) is 16.6. The van der Waals surface area contributed by atoms with Gasteiger partial charge in [-0.05, 0) is 87.9 Å². The van der Waals surface area contributed by atoms with Gasteiger partial charge in [-0.1, -0.05) is 32.6 Å². The van der Waals surface area contributed by atoms with E-state index in [1.165, 1.54) is 77.0 Å². The van der Waals surface area contributed by atoms with Crippen molar-refractivity contribution in [1.29, 1.82) is 5.26 Å². The molecular weight excluding hydrogens is 306 g/mol. The molecule has 0 saturated heterocycles. The molecule has 0 heterocycles. The maximum Gasteiger partial charge on any atom is 0.0692 e. The van der Waals surface area contributed by atoms with E-state index < -0.39 is 0 Å². The third-order valence-electron chi connectivity index (χ3n) is 8.19. The van der Waals surface area contributed by atoms with Gasteiger partial charge in [-0.25, -0.2) is 0 Å². The topological polar surface area (TPSA) is 33.0 Å². The lowest BCUT2D eigenvalue weighted by atomic mass is 9.58. The molecule has 0 aliphatic heterocycles. The highest BCUT2D eigenvalue weighted by molar-refractivity contribution is 5.06. The van der Waals surface area contributed by atoms with Gasteiger partial charge in [0.2, 0.25) is 0 Å². The molecule has 0 amide bonds. The van der Waals surface area contributed by atoms with Crippen molar-refractivity contribution in [3.05, 3.63) is 0 Å². The molecule has 3 rings (SSSR count). The van der Waals surface area contributed by atoms with Crippen LogP contribution in [-0.2, 0) is 4.74 Å². The third-order valence-corrected chi connectivity index (χ3v) is 8.19. The molecule has 25 heavy (non-hydrogen) atoms. The van der Waals surface area contributed by atoms with Crippen molar-refractivity contribution in [1.82, 2.24) is 0 Å². The van der Waals surface area contributed by atoms with Gasteiger partial charge in [0.25, 0.3) is 0 Å². The Kier molecular flexibility index (Phi) is 6.84. The molecule has 0 N–H and O–H groups in total. The molecule has 3 aliphatic carbocycles. The number of nitriles is 1. The molecule has 142 valence electrons. The van der Waals surface area contributed by atoms with Gasteiger partial charge in [0.05, 0.1) is 17.6 Å². The molecule has 0 unspecified atom stereocenters. The van der Waals surface area contributed by atoms with Crippen molar-refractivity contribution >= 4 is 0 Å². The molecule has 3 fully saturated rings. The highest BCUT2D eigenvalue weighted by atomic mass is 16.5. The molecule has 3 aliphatic rings. The van der Waals surface area contributed by atoms with Crippen molar-refractivity contribution in [2.24, 2.45) is 29.1 Å². The van der Waals surface area contributed by atoms with Gasteiger partial charge in [0.1, 0.15) is 0 Å². The Bertz CT molecular complexity index is 429. The van der Waals surface area contributed by atoms with E-state index >= 15 is 0 Å². The largest absolute Gasteiger partial charge is 0.381 e. The van der Waals surface area contributed by atoms with Crippen LogP contribution in [0.1, 0.15) is 96.8 Å². The fourth-order valence-electron chi connectivity index (χ4n) is 6.45. The van der Waals surface area contributed by atoms with Crippen LogP contribution in [0.3, 0.4) is 0 Å². The van der Waals surface area contributed by atoms with E-state index in [-0.39, 0.29) is 5.41 Å². The average Bonchev–Trinajstić information content (AvgIpc) is 2.69. The Morgan fingerprint density at radius 2 is 1.48 bits per heavy atom. The number of ether oxygens (including phenoxy) is 1. The molecule has 0 radical (unpaired) electrons. The first kappa shape index (κ1) is 19.2. The number of nitrogens with zero attached hydrogens (tertiary/aromatic N) is 1. The first-order valence-corrected chi connectivity index (χ1v) is 11.1. The zero-order chi connectivity index (χ0) is 17.7. The Morgan fingerprint density at radius 3 is 2.00 bits per heavy atom. The van der Waals surface area contributed by atoms with Gasteiger partial charge < -0.3 is 4.74 Å². The fourth-order valence-corrected chi connectivity index (χ4v) is 6.45. The lowest BCUT2D eigenvalue weighted by Crippen LogP contribution is -2.38. The van der Waals surface area contributed by atoms with Crippen LogP contribution in [0.15, 0.2) is 0 Å². The molecule has 0 aromatic heterocycles. The van der Waals surface area contributed by atoms with E-state index in [0.29, 0.717) is 12.0 Å². The van der Waals surface area contributed by atoms with Crippen molar-refractivity contribution < 1.29 is 4.74 Å². The monoisotopic (exact) mass is 345 g/mol. The SMILES string of the molecule is CCCC1CCC(C2CCC(C#N)(C3CCC(OC)CC3)CC2)CC1. The van der Waals surface area contributed by atoms with Crippen LogP contribution in [0.25, 0.3) is 0 Å². The second kappa shape index (κ2) is 8.90. The summed E-state index contributed by atoms with van der Waals surface area (Å²) in [6, 6.07) is 2.83. The Balaban J connectivity index is 1.49. The highest BCUT2D eigenvalue weighted by Gasteiger charge is 2.44. The smallest absolute Gasteiger partial charge is 0.0692 e. The second-order valence-electron chi connectivity index (χ2n) is 9.38. The first-order chi connectivity index (χ1) is 12.2. The second-order valence-corrected chi connectivity index (χ2v) is 9.38. The summed E-state index contributed by atoms with van der Waals surface area (Å²) in [5.41, 5.74) is -0.00533. The van der Waals surface area contributed by atoms with E-state index in [2.05, 4.69) is 13.0 Å². The Morgan fingerprint density at radius 1 is 0.880 bits per heavy atom. The molecule has 0 bridgehead atoms. The van der Waals surface area contributed by atoms with Crippen LogP contribution in [-0.4, -0.2) is 13.2 Å². The van der Waals surface area contributed by atoms with Crippen molar-refractivity contribution in [3.63, 3.8) is 0 Å². The summed E-state index contributed by atoms with van der Waals surface area (Å²) in [7, 11) is 1.84. The molecule has 3 saturated carbocycles. The van der Waals surface area contributed by atoms with Crippen LogP contribution >= 0.6 is 0 Å². The number of hydrogen-bond acceptors (Lipinski definition) is 2. The van der Waals surface area contributed by atoms with Gasteiger partial charge in [-0.3, -0.25) is 0 Å². The average molecular weight is 346 g/mol. The molecule has 2 heteroatoms. The van der Waals surface area contributed by atoms with Gasteiger partial charge in [0, 0.05) is 7.11 Å². The molecule has 0 spiro atoms. The van der Waals surface area contributed by atoms with Crippen LogP contribution in [0.5, 0.6) is 0 Å². The predicted octanol–water partition coefficient (Wildman–Crippen LogP) is 6.50. The Hall–Kier alpha value is -0.550. The van der Waals surface area contributed by atoms with Crippen LogP contribution in [0.2, 0.25) is 0 Å². The summed E-state index contributed by atoms with van der Waals surface area (Å²) >= 11 is 0. The van der Waals surface area contributed by atoms with E-state index in [4.69, 9.17) is 4.74 Å². The van der Waals surface area contributed by atoms with Gasteiger partial charge in [-0.2, -0.15) is 5.26 Å². The van der Waals surface area contributed by atoms with E-state index in [0.717, 1.165) is 30.6 Å². The van der Waals surface area contributed by atoms with Crippen LogP contribution < -0.4 is 0 Å². The van der Waals surface area contributed by atoms with Crippen molar-refractivity contribution in [2.75, 3.05) is 7.11 Å². The number of methoxy groups -OCH3 is 1. The first-order valence-electron chi connectivity index (χ1n) is 11.1. The summed E-state index contributed by atoms with van der Waals surface area (Å²) in [6.07, 6.45) is 18.8. The summed E-state index contributed by atoms with van der Waals surface area (Å²) in [6.45, 7) is 2.33. The van der Waals surface area contributed by atoms with E-state index in [1.807, 2.05) is 7.11 Å². The van der Waals surface area contributed by atoms with E-state index in [9.17, 15) is 5.26 Å². The molecular formula is C23H39NO. The summed E-state index contributed by atoms with van der Waals surface area (Å²) in [4.78, 5) is 0. The fraction of sp³-hybridized carbons (Fsp3) is 0.957. The van der Waals surface area contributed by atoms with Crippen molar-refractivity contribution in [2.45, 2.75) is 103 Å². The van der Waals surface area contributed by atoms with Gasteiger partial charge in [-0.15, -0.1) is 0 Å². The Labute approximate surface area is 155 Å². The molecule has 0 aromatic carbocycles. The highest BCUT2D eigenvalue weighted by Crippen LogP contribution is 2.52. The van der Waals surface area contributed by atoms with Crippen LogP contribution in [0, 0.1) is 40.4 Å². The summed E-state index contributed by atoms with van der Waals surface area (Å²) in [5, 5.41) is 10.0.